The maximum absolute atomic E-state index is 13.9. The van der Waals surface area contributed by atoms with E-state index in [0.29, 0.717) is 28.7 Å². The number of ether oxygens (including phenoxy) is 1. The van der Waals surface area contributed by atoms with Crippen LogP contribution in [0.5, 0.6) is 0 Å². The standard InChI is InChI=1S/C14H15ClFNO2/c1-17-14(11-7-9(15)3-5-12(11)16)13-6-4-10(19-13)8-18-2/h3-7,14,17H,8H2,1-2H3. The van der Waals surface area contributed by atoms with Gasteiger partial charge in [-0.05, 0) is 37.4 Å². The van der Waals surface area contributed by atoms with Crippen molar-refractivity contribution in [2.24, 2.45) is 0 Å². The van der Waals surface area contributed by atoms with E-state index < -0.39 is 0 Å². The Kier molecular flexibility index (Phi) is 4.58. The quantitative estimate of drug-likeness (QED) is 0.911. The van der Waals surface area contributed by atoms with Gasteiger partial charge in [0, 0.05) is 17.7 Å². The Morgan fingerprint density at radius 2 is 2.16 bits per heavy atom. The molecule has 2 aromatic rings. The van der Waals surface area contributed by atoms with Gasteiger partial charge < -0.3 is 14.5 Å². The highest BCUT2D eigenvalue weighted by atomic mass is 35.5. The second-order valence-electron chi connectivity index (χ2n) is 4.12. The average Bonchev–Trinajstić information content (AvgIpc) is 2.83. The number of halogens is 2. The third kappa shape index (κ3) is 3.15. The van der Waals surface area contributed by atoms with Crippen LogP contribution in [0.25, 0.3) is 0 Å². The first-order chi connectivity index (χ1) is 9.15. The van der Waals surface area contributed by atoms with Gasteiger partial charge in [-0.1, -0.05) is 11.6 Å². The molecule has 0 spiro atoms. The van der Waals surface area contributed by atoms with Gasteiger partial charge in [-0.2, -0.15) is 0 Å². The van der Waals surface area contributed by atoms with E-state index in [4.69, 9.17) is 20.8 Å². The van der Waals surface area contributed by atoms with Crippen LogP contribution in [-0.2, 0) is 11.3 Å². The van der Waals surface area contributed by atoms with E-state index in [-0.39, 0.29) is 11.9 Å². The zero-order valence-corrected chi connectivity index (χ0v) is 11.5. The number of nitrogens with one attached hydrogen (secondary N) is 1. The number of rotatable bonds is 5. The monoisotopic (exact) mass is 283 g/mol. The fraction of sp³-hybridized carbons (Fsp3) is 0.286. The van der Waals surface area contributed by atoms with Gasteiger partial charge in [-0.25, -0.2) is 4.39 Å². The predicted octanol–water partition coefficient (Wildman–Crippen LogP) is 3.53. The van der Waals surface area contributed by atoms with Gasteiger partial charge in [0.1, 0.15) is 23.9 Å². The summed E-state index contributed by atoms with van der Waals surface area (Å²) in [6.07, 6.45) is 0. The van der Waals surface area contributed by atoms with Crippen molar-refractivity contribution in [1.82, 2.24) is 5.32 Å². The van der Waals surface area contributed by atoms with Crippen molar-refractivity contribution in [1.29, 1.82) is 0 Å². The van der Waals surface area contributed by atoms with Crippen molar-refractivity contribution < 1.29 is 13.5 Å². The summed E-state index contributed by atoms with van der Waals surface area (Å²) in [7, 11) is 3.33. The third-order valence-electron chi connectivity index (χ3n) is 2.81. The predicted molar refractivity (Wildman–Crippen MR) is 71.7 cm³/mol. The first kappa shape index (κ1) is 14.1. The fourth-order valence-corrected chi connectivity index (χ4v) is 2.14. The molecular formula is C14H15ClFNO2. The van der Waals surface area contributed by atoms with Gasteiger partial charge in [0.15, 0.2) is 0 Å². The molecule has 0 saturated heterocycles. The van der Waals surface area contributed by atoms with Crippen molar-refractivity contribution in [3.63, 3.8) is 0 Å². The van der Waals surface area contributed by atoms with E-state index >= 15 is 0 Å². The molecule has 1 heterocycles. The lowest BCUT2D eigenvalue weighted by Crippen LogP contribution is -2.18. The minimum Gasteiger partial charge on any atom is -0.462 e. The molecule has 1 unspecified atom stereocenters. The maximum atomic E-state index is 13.9. The number of hydrogen-bond donors (Lipinski definition) is 1. The first-order valence-corrected chi connectivity index (χ1v) is 6.23. The number of benzene rings is 1. The van der Waals surface area contributed by atoms with Crippen molar-refractivity contribution in [3.05, 3.63) is 58.3 Å². The molecule has 0 radical (unpaired) electrons. The van der Waals surface area contributed by atoms with Crippen LogP contribution in [0.3, 0.4) is 0 Å². The molecule has 1 atom stereocenters. The van der Waals surface area contributed by atoms with Gasteiger partial charge in [-0.3, -0.25) is 0 Å². The normalized spacial score (nSPS) is 12.6. The summed E-state index contributed by atoms with van der Waals surface area (Å²) >= 11 is 5.92. The van der Waals surface area contributed by atoms with Gasteiger partial charge in [0.05, 0.1) is 6.04 Å². The summed E-state index contributed by atoms with van der Waals surface area (Å²) in [5.74, 6) is 0.990. The molecule has 0 aliphatic carbocycles. The molecular weight excluding hydrogens is 269 g/mol. The van der Waals surface area contributed by atoms with Crippen LogP contribution in [0.2, 0.25) is 5.02 Å². The Hall–Kier alpha value is -1.36. The van der Waals surface area contributed by atoms with Crippen molar-refractivity contribution in [2.75, 3.05) is 14.2 Å². The van der Waals surface area contributed by atoms with E-state index in [2.05, 4.69) is 5.32 Å². The zero-order valence-electron chi connectivity index (χ0n) is 10.7. The van der Waals surface area contributed by atoms with Crippen LogP contribution in [0, 0.1) is 5.82 Å². The van der Waals surface area contributed by atoms with Gasteiger partial charge in [0.25, 0.3) is 0 Å². The molecule has 2 rings (SSSR count). The number of hydrogen-bond acceptors (Lipinski definition) is 3. The summed E-state index contributed by atoms with van der Waals surface area (Å²) in [4.78, 5) is 0. The van der Waals surface area contributed by atoms with Crippen LogP contribution >= 0.6 is 11.6 Å². The molecule has 19 heavy (non-hydrogen) atoms. The maximum Gasteiger partial charge on any atom is 0.129 e. The number of methoxy groups -OCH3 is 1. The minimum absolute atomic E-state index is 0.326. The molecule has 1 aromatic heterocycles. The molecule has 0 fully saturated rings. The average molecular weight is 284 g/mol. The van der Waals surface area contributed by atoms with E-state index in [1.54, 1.807) is 26.3 Å². The van der Waals surface area contributed by atoms with Crippen molar-refractivity contribution in [2.45, 2.75) is 12.6 Å². The second-order valence-corrected chi connectivity index (χ2v) is 4.56. The smallest absolute Gasteiger partial charge is 0.129 e. The minimum atomic E-state index is -0.385. The Labute approximate surface area is 116 Å². The zero-order chi connectivity index (χ0) is 13.8. The lowest BCUT2D eigenvalue weighted by atomic mass is 10.0. The molecule has 3 nitrogen and oxygen atoms in total. The highest BCUT2D eigenvalue weighted by molar-refractivity contribution is 6.30. The Balaban J connectivity index is 2.35. The number of furan rings is 1. The molecule has 102 valence electrons. The lowest BCUT2D eigenvalue weighted by Gasteiger charge is -2.15. The van der Waals surface area contributed by atoms with Crippen LogP contribution in [0.15, 0.2) is 34.7 Å². The van der Waals surface area contributed by atoms with E-state index in [0.717, 1.165) is 0 Å². The highest BCUT2D eigenvalue weighted by Gasteiger charge is 2.20. The Morgan fingerprint density at radius 1 is 1.37 bits per heavy atom. The summed E-state index contributed by atoms with van der Waals surface area (Å²) in [5, 5.41) is 3.51. The molecule has 0 aliphatic heterocycles. The highest BCUT2D eigenvalue weighted by Crippen LogP contribution is 2.28. The summed E-state index contributed by atoms with van der Waals surface area (Å²) in [6.45, 7) is 0.383. The topological polar surface area (TPSA) is 34.4 Å². The van der Waals surface area contributed by atoms with Crippen LogP contribution in [0.1, 0.15) is 23.1 Å². The Morgan fingerprint density at radius 3 is 2.84 bits per heavy atom. The van der Waals surface area contributed by atoms with Crippen molar-refractivity contribution in [3.8, 4) is 0 Å². The first-order valence-electron chi connectivity index (χ1n) is 5.85. The second kappa shape index (κ2) is 6.19. The largest absolute Gasteiger partial charge is 0.462 e. The third-order valence-corrected chi connectivity index (χ3v) is 3.05. The van der Waals surface area contributed by atoms with E-state index in [9.17, 15) is 4.39 Å². The van der Waals surface area contributed by atoms with E-state index in [1.807, 2.05) is 6.07 Å². The van der Waals surface area contributed by atoms with Crippen LogP contribution in [0.4, 0.5) is 4.39 Å². The Bertz CT molecular complexity index is 556. The molecule has 1 N–H and O–H groups in total. The fourth-order valence-electron chi connectivity index (χ4n) is 1.96. The van der Waals surface area contributed by atoms with E-state index in [1.165, 1.54) is 12.1 Å². The lowest BCUT2D eigenvalue weighted by molar-refractivity contribution is 0.162. The van der Waals surface area contributed by atoms with Crippen LogP contribution < -0.4 is 5.32 Å². The molecule has 0 saturated carbocycles. The molecule has 0 aliphatic rings. The van der Waals surface area contributed by atoms with Gasteiger partial charge in [-0.15, -0.1) is 0 Å². The molecule has 1 aromatic carbocycles. The summed E-state index contributed by atoms with van der Waals surface area (Å²) in [6, 6.07) is 7.69. The molecule has 5 heteroatoms. The molecule has 0 bridgehead atoms. The van der Waals surface area contributed by atoms with Crippen molar-refractivity contribution >= 4 is 11.6 Å². The van der Waals surface area contributed by atoms with Gasteiger partial charge in [0.2, 0.25) is 0 Å². The van der Waals surface area contributed by atoms with Gasteiger partial charge >= 0.3 is 0 Å². The SMILES string of the molecule is CNC(c1ccc(COC)o1)c1cc(Cl)ccc1F. The summed E-state index contributed by atoms with van der Waals surface area (Å²) in [5.41, 5.74) is 0.452. The van der Waals surface area contributed by atoms with Crippen LogP contribution in [-0.4, -0.2) is 14.2 Å². The molecule has 0 amide bonds. The summed E-state index contributed by atoms with van der Waals surface area (Å²) < 4.78 is 24.5.